The van der Waals surface area contributed by atoms with Crippen LogP contribution in [0.15, 0.2) is 34.2 Å². The number of nitrogens with zero attached hydrogens (tertiary/aromatic N) is 3. The van der Waals surface area contributed by atoms with Gasteiger partial charge in [-0.25, -0.2) is 0 Å². The number of hydrogen-bond acceptors (Lipinski definition) is 3. The molecule has 0 atom stereocenters. The molecular formula is C20H23N3OS. The van der Waals surface area contributed by atoms with E-state index in [2.05, 4.69) is 61.5 Å². The van der Waals surface area contributed by atoms with Crippen LogP contribution in [-0.2, 0) is 4.79 Å². The number of aliphatic imine (C=N–C) groups is 1. The number of aryl methyl sites for hydroxylation is 2. The molecule has 0 saturated carbocycles. The van der Waals surface area contributed by atoms with Crippen LogP contribution in [0.4, 0.5) is 0 Å². The second-order valence-electron chi connectivity index (χ2n) is 6.36. The third-order valence-electron chi connectivity index (χ3n) is 4.77. The normalized spacial score (nSPS) is 18.0. The first-order chi connectivity index (χ1) is 11.8. The zero-order valence-corrected chi connectivity index (χ0v) is 16.4. The number of thioether (sulfide) groups is 1. The average Bonchev–Trinajstić information content (AvgIpc) is 3.01. The Hall–Kier alpha value is -2.27. The molecule has 4 nitrogen and oxygen atoms in total. The van der Waals surface area contributed by atoms with E-state index >= 15 is 0 Å². The van der Waals surface area contributed by atoms with Crippen molar-refractivity contribution in [3.05, 3.63) is 57.2 Å². The van der Waals surface area contributed by atoms with Crippen molar-refractivity contribution in [2.24, 2.45) is 4.99 Å². The fourth-order valence-electron chi connectivity index (χ4n) is 3.17. The van der Waals surface area contributed by atoms with E-state index in [0.717, 1.165) is 22.1 Å². The van der Waals surface area contributed by atoms with E-state index in [9.17, 15) is 4.79 Å². The minimum Gasteiger partial charge on any atom is -0.318 e. The summed E-state index contributed by atoms with van der Waals surface area (Å²) in [5, 5.41) is 0.736. The molecular weight excluding hydrogens is 330 g/mol. The molecule has 1 aromatic heterocycles. The molecule has 2 aromatic rings. The lowest BCUT2D eigenvalue weighted by Crippen LogP contribution is -2.23. The molecule has 1 amide bonds. The van der Waals surface area contributed by atoms with Crippen LogP contribution in [0, 0.1) is 27.7 Å². The van der Waals surface area contributed by atoms with E-state index in [1.807, 2.05) is 6.08 Å². The Bertz CT molecular complexity index is 921. The second-order valence-corrected chi connectivity index (χ2v) is 7.37. The summed E-state index contributed by atoms with van der Waals surface area (Å²) in [4.78, 5) is 18.9. The maximum atomic E-state index is 12.4. The van der Waals surface area contributed by atoms with E-state index in [1.54, 1.807) is 19.0 Å². The zero-order chi connectivity index (χ0) is 18.3. The topological polar surface area (TPSA) is 37.6 Å². The number of hydrogen-bond donors (Lipinski definition) is 0. The highest BCUT2D eigenvalue weighted by atomic mass is 32.2. The van der Waals surface area contributed by atoms with E-state index in [-0.39, 0.29) is 5.91 Å². The van der Waals surface area contributed by atoms with Gasteiger partial charge in [-0.3, -0.25) is 14.7 Å². The summed E-state index contributed by atoms with van der Waals surface area (Å²) in [5.74, 6) is 0.00198. The Balaban J connectivity index is 2.09. The van der Waals surface area contributed by atoms with Gasteiger partial charge in [0, 0.05) is 31.2 Å². The van der Waals surface area contributed by atoms with Gasteiger partial charge < -0.3 is 4.57 Å². The van der Waals surface area contributed by atoms with Crippen LogP contribution in [-0.4, -0.2) is 34.6 Å². The van der Waals surface area contributed by atoms with Crippen LogP contribution in [0.1, 0.15) is 28.1 Å². The average molecular weight is 353 g/mol. The van der Waals surface area contributed by atoms with Gasteiger partial charge in [0.25, 0.3) is 5.91 Å². The molecule has 0 bridgehead atoms. The number of carbonyl (C=O) groups excluding carboxylic acids is 1. The van der Waals surface area contributed by atoms with Gasteiger partial charge in [0.1, 0.15) is 0 Å². The first-order valence-electron chi connectivity index (χ1n) is 8.25. The van der Waals surface area contributed by atoms with Gasteiger partial charge in [-0.05, 0) is 74.4 Å². The van der Waals surface area contributed by atoms with Crippen molar-refractivity contribution in [2.45, 2.75) is 27.7 Å². The van der Waals surface area contributed by atoms with Crippen LogP contribution in [0.25, 0.3) is 11.8 Å². The lowest BCUT2D eigenvalue weighted by Gasteiger charge is -2.14. The number of rotatable bonds is 2. The predicted octanol–water partition coefficient (Wildman–Crippen LogP) is 4.24. The monoisotopic (exact) mass is 353 g/mol. The molecule has 1 aliphatic rings. The molecule has 0 spiro atoms. The van der Waals surface area contributed by atoms with Crippen LogP contribution in [0.3, 0.4) is 0 Å². The van der Waals surface area contributed by atoms with E-state index in [4.69, 9.17) is 0 Å². The van der Waals surface area contributed by atoms with Gasteiger partial charge in [-0.15, -0.1) is 0 Å². The molecule has 130 valence electrons. The molecule has 3 rings (SSSR count). The zero-order valence-electron chi connectivity index (χ0n) is 15.5. The van der Waals surface area contributed by atoms with Gasteiger partial charge in [0.2, 0.25) is 0 Å². The maximum Gasteiger partial charge on any atom is 0.266 e. The minimum absolute atomic E-state index is 0.00198. The standard InChI is InChI=1S/C20H23N3OS/c1-12-8-7-9-17(14(12)3)23-13(2)10-16(15(23)4)11-18-19(24)22(6)20(21-5)25-18/h7-11H,1-6H3/b18-11+,21-20?. The lowest BCUT2D eigenvalue weighted by molar-refractivity contribution is -0.121. The van der Waals surface area contributed by atoms with Gasteiger partial charge in [0.05, 0.1) is 4.91 Å². The van der Waals surface area contributed by atoms with Crippen molar-refractivity contribution >= 4 is 28.9 Å². The Morgan fingerprint density at radius 1 is 1.16 bits per heavy atom. The summed E-state index contributed by atoms with van der Waals surface area (Å²) in [6, 6.07) is 8.50. The minimum atomic E-state index is 0.00198. The second kappa shape index (κ2) is 6.56. The van der Waals surface area contributed by atoms with Crippen molar-refractivity contribution in [1.29, 1.82) is 0 Å². The highest BCUT2D eigenvalue weighted by molar-refractivity contribution is 8.18. The third kappa shape index (κ3) is 2.93. The van der Waals surface area contributed by atoms with Gasteiger partial charge in [-0.1, -0.05) is 12.1 Å². The summed E-state index contributed by atoms with van der Waals surface area (Å²) in [6.45, 7) is 8.48. The van der Waals surface area contributed by atoms with E-state index < -0.39 is 0 Å². The molecule has 1 aromatic carbocycles. The van der Waals surface area contributed by atoms with Crippen molar-refractivity contribution < 1.29 is 4.79 Å². The SMILES string of the molecule is CN=C1S/C(=C/c2cc(C)n(-c3cccc(C)c3C)c2C)C(=O)N1C. The Labute approximate surface area is 153 Å². The molecule has 0 N–H and O–H groups in total. The number of amides is 1. The number of amidine groups is 1. The number of aromatic nitrogens is 1. The Morgan fingerprint density at radius 3 is 2.52 bits per heavy atom. The van der Waals surface area contributed by atoms with Crippen LogP contribution < -0.4 is 0 Å². The molecule has 5 heteroatoms. The summed E-state index contributed by atoms with van der Waals surface area (Å²) < 4.78 is 2.26. The summed E-state index contributed by atoms with van der Waals surface area (Å²) >= 11 is 1.43. The number of likely N-dealkylation sites (N-methyl/N-ethyl adjacent to an activating group) is 1. The fraction of sp³-hybridized carbons (Fsp3) is 0.300. The molecule has 0 aliphatic carbocycles. The Kier molecular flexibility index (Phi) is 4.60. The summed E-state index contributed by atoms with van der Waals surface area (Å²) in [7, 11) is 3.47. The van der Waals surface area contributed by atoms with Gasteiger partial charge in [-0.2, -0.15) is 0 Å². The van der Waals surface area contributed by atoms with Crippen LogP contribution in [0.2, 0.25) is 0 Å². The van der Waals surface area contributed by atoms with Gasteiger partial charge in [0.15, 0.2) is 5.17 Å². The molecule has 0 unspecified atom stereocenters. The van der Waals surface area contributed by atoms with Crippen LogP contribution >= 0.6 is 11.8 Å². The smallest absolute Gasteiger partial charge is 0.266 e. The first-order valence-corrected chi connectivity index (χ1v) is 9.06. The molecule has 0 radical (unpaired) electrons. The van der Waals surface area contributed by atoms with Gasteiger partial charge >= 0.3 is 0 Å². The fourth-order valence-corrected chi connectivity index (χ4v) is 4.09. The summed E-state index contributed by atoms with van der Waals surface area (Å²) in [6.07, 6.45) is 1.98. The van der Waals surface area contributed by atoms with Crippen molar-refractivity contribution in [3.8, 4) is 5.69 Å². The number of carbonyl (C=O) groups is 1. The first kappa shape index (κ1) is 17.5. The van der Waals surface area contributed by atoms with Crippen molar-refractivity contribution in [3.63, 3.8) is 0 Å². The highest BCUT2D eigenvalue weighted by Crippen LogP contribution is 2.33. The third-order valence-corrected chi connectivity index (χ3v) is 5.92. The largest absolute Gasteiger partial charge is 0.318 e. The summed E-state index contributed by atoms with van der Waals surface area (Å²) in [5.41, 5.74) is 7.10. The predicted molar refractivity (Wildman–Crippen MR) is 106 cm³/mol. The Morgan fingerprint density at radius 2 is 1.88 bits per heavy atom. The number of benzene rings is 1. The van der Waals surface area contributed by atoms with Crippen molar-refractivity contribution in [1.82, 2.24) is 9.47 Å². The molecule has 25 heavy (non-hydrogen) atoms. The molecule has 1 saturated heterocycles. The van der Waals surface area contributed by atoms with Crippen LogP contribution in [0.5, 0.6) is 0 Å². The molecule has 2 heterocycles. The van der Waals surface area contributed by atoms with E-state index in [1.165, 1.54) is 28.6 Å². The highest BCUT2D eigenvalue weighted by Gasteiger charge is 2.30. The maximum absolute atomic E-state index is 12.4. The van der Waals surface area contributed by atoms with Crippen molar-refractivity contribution in [2.75, 3.05) is 14.1 Å². The molecule has 1 fully saturated rings. The lowest BCUT2D eigenvalue weighted by atomic mass is 10.1. The molecule has 1 aliphatic heterocycles. The quantitative estimate of drug-likeness (QED) is 0.757. The van der Waals surface area contributed by atoms with E-state index in [0.29, 0.717) is 4.91 Å².